The first kappa shape index (κ1) is 11.4. The maximum absolute atomic E-state index is 11.6. The van der Waals surface area contributed by atoms with Crippen LogP contribution in [0.15, 0.2) is 17.2 Å². The quantitative estimate of drug-likeness (QED) is 0.773. The molecular formula is C10H14ClN3O2. The summed E-state index contributed by atoms with van der Waals surface area (Å²) in [5.41, 5.74) is -0.176. The number of aromatic nitrogens is 2. The average Bonchev–Trinajstić information content (AvgIpc) is 2.31. The van der Waals surface area contributed by atoms with Gasteiger partial charge >= 0.3 is 0 Å². The van der Waals surface area contributed by atoms with Gasteiger partial charge in [0, 0.05) is 18.9 Å². The summed E-state index contributed by atoms with van der Waals surface area (Å²) >= 11 is 5.76. The summed E-state index contributed by atoms with van der Waals surface area (Å²) in [6.45, 7) is 3.16. The monoisotopic (exact) mass is 243 g/mol. The highest BCUT2D eigenvalue weighted by atomic mass is 35.5. The molecule has 2 heterocycles. The molecule has 5 nitrogen and oxygen atoms in total. The summed E-state index contributed by atoms with van der Waals surface area (Å²) in [6, 6.07) is 0.135. The minimum Gasteiger partial charge on any atom is -0.373 e. The number of nitrogens with zero attached hydrogens (tertiary/aromatic N) is 2. The minimum absolute atomic E-state index is 0.0423. The molecule has 0 radical (unpaired) electrons. The molecule has 88 valence electrons. The summed E-state index contributed by atoms with van der Waals surface area (Å²) in [5, 5.41) is 0. The van der Waals surface area contributed by atoms with Gasteiger partial charge < -0.3 is 14.6 Å². The van der Waals surface area contributed by atoms with E-state index in [4.69, 9.17) is 16.3 Å². The van der Waals surface area contributed by atoms with Gasteiger partial charge in [0.25, 0.3) is 5.56 Å². The van der Waals surface area contributed by atoms with E-state index in [-0.39, 0.29) is 17.7 Å². The number of aromatic amines is 1. The van der Waals surface area contributed by atoms with Crippen LogP contribution in [0.25, 0.3) is 0 Å². The van der Waals surface area contributed by atoms with E-state index in [1.165, 1.54) is 6.20 Å². The van der Waals surface area contributed by atoms with Gasteiger partial charge in [-0.2, -0.15) is 0 Å². The molecule has 1 aliphatic rings. The summed E-state index contributed by atoms with van der Waals surface area (Å²) in [5.74, 6) is 0.863. The van der Waals surface area contributed by atoms with Crippen molar-refractivity contribution in [1.82, 2.24) is 9.97 Å². The number of halogens is 1. The number of rotatable bonds is 2. The second-order valence-electron chi connectivity index (χ2n) is 3.85. The van der Waals surface area contributed by atoms with Crippen LogP contribution >= 0.6 is 11.6 Å². The van der Waals surface area contributed by atoms with Crippen molar-refractivity contribution < 1.29 is 4.74 Å². The van der Waals surface area contributed by atoms with Crippen molar-refractivity contribution in [3.05, 3.63) is 22.7 Å². The van der Waals surface area contributed by atoms with Gasteiger partial charge in [0.1, 0.15) is 0 Å². The lowest BCUT2D eigenvalue weighted by molar-refractivity contribution is 0.0360. The molecule has 0 spiro atoms. The van der Waals surface area contributed by atoms with E-state index in [9.17, 15) is 4.79 Å². The number of anilines is 1. The van der Waals surface area contributed by atoms with Crippen molar-refractivity contribution in [2.45, 2.75) is 19.1 Å². The second kappa shape index (κ2) is 4.84. The van der Waals surface area contributed by atoms with Crippen LogP contribution in [0.2, 0.25) is 0 Å². The topological polar surface area (TPSA) is 58.2 Å². The first-order chi connectivity index (χ1) is 7.72. The zero-order chi connectivity index (χ0) is 11.5. The summed E-state index contributed by atoms with van der Waals surface area (Å²) in [6.07, 6.45) is 3.06. The van der Waals surface area contributed by atoms with Crippen molar-refractivity contribution in [3.63, 3.8) is 0 Å². The number of nitrogens with one attached hydrogen (secondary N) is 1. The molecule has 16 heavy (non-hydrogen) atoms. The van der Waals surface area contributed by atoms with Crippen molar-refractivity contribution in [1.29, 1.82) is 0 Å². The normalized spacial score (nSPS) is 25.8. The van der Waals surface area contributed by atoms with E-state index in [1.54, 1.807) is 6.20 Å². The lowest BCUT2D eigenvalue weighted by Gasteiger charge is -2.37. The van der Waals surface area contributed by atoms with Gasteiger partial charge in [0.05, 0.1) is 24.6 Å². The third kappa shape index (κ3) is 2.20. The van der Waals surface area contributed by atoms with Crippen LogP contribution in [0, 0.1) is 0 Å². The highest BCUT2D eigenvalue weighted by Gasteiger charge is 2.27. The van der Waals surface area contributed by atoms with Gasteiger partial charge in [0.15, 0.2) is 5.82 Å². The molecular weight excluding hydrogens is 230 g/mol. The maximum atomic E-state index is 11.6. The molecule has 2 atom stereocenters. The number of alkyl halides is 1. The second-order valence-corrected chi connectivity index (χ2v) is 4.16. The number of hydrogen-bond acceptors (Lipinski definition) is 4. The highest BCUT2D eigenvalue weighted by molar-refractivity contribution is 6.18. The molecule has 0 amide bonds. The highest BCUT2D eigenvalue weighted by Crippen LogP contribution is 2.16. The molecule has 0 bridgehead atoms. The van der Waals surface area contributed by atoms with E-state index in [2.05, 4.69) is 9.97 Å². The molecule has 1 aliphatic heterocycles. The lowest BCUT2D eigenvalue weighted by Crippen LogP contribution is -2.51. The van der Waals surface area contributed by atoms with E-state index < -0.39 is 0 Å². The van der Waals surface area contributed by atoms with Crippen LogP contribution in [0.3, 0.4) is 0 Å². The van der Waals surface area contributed by atoms with Crippen LogP contribution in [-0.4, -0.2) is 41.1 Å². The lowest BCUT2D eigenvalue weighted by atomic mass is 10.2. The molecule has 1 fully saturated rings. The van der Waals surface area contributed by atoms with Gasteiger partial charge in [-0.05, 0) is 6.92 Å². The Hall–Kier alpha value is -1.07. The predicted octanol–water partition coefficient (Wildman–Crippen LogP) is 0.602. The number of H-pyrrole nitrogens is 1. The standard InChI is InChI=1S/C10H14ClN3O2/c1-7-6-16-8(4-11)5-14(7)9-10(15)13-3-2-12-9/h2-3,7-8H,4-6H2,1H3,(H,13,15). The molecule has 6 heteroatoms. The zero-order valence-corrected chi connectivity index (χ0v) is 9.78. The Bertz CT molecular complexity index is 409. The fraction of sp³-hybridized carbons (Fsp3) is 0.600. The Kier molecular flexibility index (Phi) is 3.46. The third-order valence-corrected chi connectivity index (χ3v) is 2.98. The van der Waals surface area contributed by atoms with Crippen molar-refractivity contribution >= 4 is 17.4 Å². The Balaban J connectivity index is 2.25. The molecule has 0 aliphatic carbocycles. The van der Waals surface area contributed by atoms with Gasteiger partial charge in [-0.1, -0.05) is 0 Å². The molecule has 0 aromatic carbocycles. The van der Waals surface area contributed by atoms with Crippen LogP contribution in [0.5, 0.6) is 0 Å². The van der Waals surface area contributed by atoms with Crippen molar-refractivity contribution in [3.8, 4) is 0 Å². The molecule has 1 saturated heterocycles. The summed E-state index contributed by atoms with van der Waals surface area (Å²) in [4.78, 5) is 20.3. The predicted molar refractivity (Wildman–Crippen MR) is 62.1 cm³/mol. The van der Waals surface area contributed by atoms with E-state index in [1.807, 2.05) is 11.8 Å². The third-order valence-electron chi connectivity index (χ3n) is 2.64. The largest absolute Gasteiger partial charge is 0.373 e. The number of hydrogen-bond donors (Lipinski definition) is 1. The fourth-order valence-electron chi connectivity index (χ4n) is 1.75. The Morgan fingerprint density at radius 3 is 3.25 bits per heavy atom. The van der Waals surface area contributed by atoms with Crippen LogP contribution in [0.1, 0.15) is 6.92 Å². The average molecular weight is 244 g/mol. The summed E-state index contributed by atoms with van der Waals surface area (Å²) in [7, 11) is 0. The van der Waals surface area contributed by atoms with Crippen LogP contribution < -0.4 is 10.5 Å². The van der Waals surface area contributed by atoms with Crippen molar-refractivity contribution in [2.75, 3.05) is 23.9 Å². The van der Waals surface area contributed by atoms with Crippen molar-refractivity contribution in [2.24, 2.45) is 0 Å². The molecule has 1 aromatic heterocycles. The molecule has 1 aromatic rings. The first-order valence-electron chi connectivity index (χ1n) is 5.20. The molecule has 1 N–H and O–H groups in total. The van der Waals surface area contributed by atoms with Gasteiger partial charge in [-0.25, -0.2) is 4.98 Å². The smallest absolute Gasteiger partial charge is 0.290 e. The fourth-order valence-corrected chi connectivity index (χ4v) is 1.94. The zero-order valence-electron chi connectivity index (χ0n) is 9.02. The molecule has 2 unspecified atom stereocenters. The minimum atomic E-state index is -0.176. The first-order valence-corrected chi connectivity index (χ1v) is 5.73. The Morgan fingerprint density at radius 2 is 2.56 bits per heavy atom. The van der Waals surface area contributed by atoms with Crippen LogP contribution in [0.4, 0.5) is 5.82 Å². The Labute approximate surface area is 98.4 Å². The molecule has 2 rings (SSSR count). The van der Waals surface area contributed by atoms with E-state index in [0.29, 0.717) is 24.8 Å². The van der Waals surface area contributed by atoms with Gasteiger partial charge in [-0.3, -0.25) is 4.79 Å². The Morgan fingerprint density at radius 1 is 1.75 bits per heavy atom. The number of morpholine rings is 1. The van der Waals surface area contributed by atoms with E-state index >= 15 is 0 Å². The SMILES string of the molecule is CC1COC(CCl)CN1c1ncc[nH]c1=O. The molecule has 0 saturated carbocycles. The van der Waals surface area contributed by atoms with Gasteiger partial charge in [0.2, 0.25) is 0 Å². The van der Waals surface area contributed by atoms with E-state index in [0.717, 1.165) is 0 Å². The number of ether oxygens (including phenoxy) is 1. The van der Waals surface area contributed by atoms with Gasteiger partial charge in [-0.15, -0.1) is 11.6 Å². The van der Waals surface area contributed by atoms with Crippen LogP contribution in [-0.2, 0) is 4.74 Å². The summed E-state index contributed by atoms with van der Waals surface area (Å²) < 4.78 is 5.52. The maximum Gasteiger partial charge on any atom is 0.290 e.